The van der Waals surface area contributed by atoms with Crippen LogP contribution >= 0.6 is 0 Å². The fourth-order valence-electron chi connectivity index (χ4n) is 2.39. The Hall–Kier alpha value is -1.93. The van der Waals surface area contributed by atoms with Crippen LogP contribution in [0.4, 0.5) is 0 Å². The summed E-state index contributed by atoms with van der Waals surface area (Å²) in [6.45, 7) is 1.82. The van der Waals surface area contributed by atoms with Gasteiger partial charge in [-0.3, -0.25) is 4.79 Å². The van der Waals surface area contributed by atoms with Crippen molar-refractivity contribution in [2.24, 2.45) is 0 Å². The largest absolute Gasteiger partial charge is 0.339 e. The highest BCUT2D eigenvalue weighted by Crippen LogP contribution is 2.16. The van der Waals surface area contributed by atoms with Crippen molar-refractivity contribution in [2.75, 3.05) is 27.2 Å². The molecule has 0 spiro atoms. The first-order chi connectivity index (χ1) is 9.11. The zero-order valence-electron chi connectivity index (χ0n) is 11.3. The van der Waals surface area contributed by atoms with E-state index in [1.165, 1.54) is 12.6 Å². The number of aromatic nitrogens is 1. The van der Waals surface area contributed by atoms with Crippen molar-refractivity contribution in [3.63, 3.8) is 0 Å². The molecule has 1 atom stereocenters. The molecule has 2 heterocycles. The molecule has 0 saturated carbocycles. The number of carbonyl (C=O) groups is 1. The van der Waals surface area contributed by atoms with Gasteiger partial charge >= 0.3 is 0 Å². The Morgan fingerprint density at radius 2 is 2.42 bits per heavy atom. The van der Waals surface area contributed by atoms with Gasteiger partial charge in [0, 0.05) is 25.8 Å². The van der Waals surface area contributed by atoms with Gasteiger partial charge in [-0.25, -0.2) is 4.98 Å². The molecule has 1 aromatic heterocycles. The van der Waals surface area contributed by atoms with E-state index in [1.54, 1.807) is 24.1 Å². The number of rotatable bonds is 3. The van der Waals surface area contributed by atoms with Gasteiger partial charge in [-0.1, -0.05) is 0 Å². The summed E-state index contributed by atoms with van der Waals surface area (Å²) in [4.78, 5) is 20.2. The fraction of sp³-hybridized carbons (Fsp3) is 0.500. The van der Waals surface area contributed by atoms with Gasteiger partial charge < -0.3 is 9.80 Å². The lowest BCUT2D eigenvalue weighted by Gasteiger charge is -2.25. The maximum Gasteiger partial charge on any atom is 0.272 e. The van der Waals surface area contributed by atoms with Crippen LogP contribution < -0.4 is 0 Å². The van der Waals surface area contributed by atoms with E-state index < -0.39 is 0 Å². The van der Waals surface area contributed by atoms with Crippen molar-refractivity contribution in [1.29, 1.82) is 5.26 Å². The Bertz CT molecular complexity index is 491. The highest BCUT2D eigenvalue weighted by molar-refractivity contribution is 5.92. The minimum Gasteiger partial charge on any atom is -0.339 e. The monoisotopic (exact) mass is 258 g/mol. The summed E-state index contributed by atoms with van der Waals surface area (Å²) >= 11 is 0. The van der Waals surface area contributed by atoms with Gasteiger partial charge in [0.15, 0.2) is 0 Å². The normalized spacial score (nSPS) is 19.1. The van der Waals surface area contributed by atoms with Crippen LogP contribution in [0.5, 0.6) is 0 Å². The third kappa shape index (κ3) is 3.09. The van der Waals surface area contributed by atoms with Crippen LogP contribution in [-0.2, 0) is 0 Å². The molecule has 0 N–H and O–H groups in total. The van der Waals surface area contributed by atoms with Crippen LogP contribution in [0.1, 0.15) is 28.9 Å². The smallest absolute Gasteiger partial charge is 0.272 e. The molecule has 1 fully saturated rings. The van der Waals surface area contributed by atoms with E-state index >= 15 is 0 Å². The van der Waals surface area contributed by atoms with Gasteiger partial charge in [0.25, 0.3) is 5.91 Å². The molecule has 1 aliphatic rings. The standard InChI is InChI=1S/C14H18N4O/c1-17-7-3-4-12(17)10-18(2)14(19)13-6-5-11(8-15)9-16-13/h5-6,9,12H,3-4,7,10H2,1-2H3. The maximum atomic E-state index is 12.2. The van der Waals surface area contributed by atoms with Gasteiger partial charge in [-0.2, -0.15) is 5.26 Å². The summed E-state index contributed by atoms with van der Waals surface area (Å²) < 4.78 is 0. The topological polar surface area (TPSA) is 60.2 Å². The van der Waals surface area contributed by atoms with E-state index in [0.29, 0.717) is 17.3 Å². The number of nitrogens with zero attached hydrogens (tertiary/aromatic N) is 4. The molecule has 1 aromatic rings. The lowest BCUT2D eigenvalue weighted by molar-refractivity contribution is 0.0756. The minimum atomic E-state index is -0.0928. The number of hydrogen-bond donors (Lipinski definition) is 0. The fourth-order valence-corrected chi connectivity index (χ4v) is 2.39. The van der Waals surface area contributed by atoms with E-state index in [0.717, 1.165) is 19.5 Å². The number of carbonyl (C=O) groups excluding carboxylic acids is 1. The Morgan fingerprint density at radius 3 is 2.95 bits per heavy atom. The highest BCUT2D eigenvalue weighted by Gasteiger charge is 2.24. The predicted octanol–water partition coefficient (Wildman–Crippen LogP) is 1.12. The van der Waals surface area contributed by atoms with E-state index in [2.05, 4.69) is 16.9 Å². The lowest BCUT2D eigenvalue weighted by atomic mass is 10.2. The maximum absolute atomic E-state index is 12.2. The van der Waals surface area contributed by atoms with Gasteiger partial charge in [-0.15, -0.1) is 0 Å². The molecule has 0 aliphatic carbocycles. The third-order valence-corrected chi connectivity index (χ3v) is 3.61. The van der Waals surface area contributed by atoms with Crippen molar-refractivity contribution in [3.8, 4) is 6.07 Å². The van der Waals surface area contributed by atoms with Crippen molar-refractivity contribution >= 4 is 5.91 Å². The van der Waals surface area contributed by atoms with Crippen molar-refractivity contribution < 1.29 is 4.79 Å². The predicted molar refractivity (Wildman–Crippen MR) is 71.6 cm³/mol. The Balaban J connectivity index is 2.00. The molecule has 2 rings (SSSR count). The Labute approximate surface area is 113 Å². The van der Waals surface area contributed by atoms with Crippen molar-refractivity contribution in [3.05, 3.63) is 29.6 Å². The van der Waals surface area contributed by atoms with Crippen LogP contribution in [0.3, 0.4) is 0 Å². The first kappa shape index (κ1) is 13.5. The number of likely N-dealkylation sites (tertiary alicyclic amines) is 1. The number of hydrogen-bond acceptors (Lipinski definition) is 4. The molecule has 1 unspecified atom stereocenters. The molecular formula is C14H18N4O. The average Bonchev–Trinajstić information content (AvgIpc) is 2.83. The van der Waals surface area contributed by atoms with E-state index in [9.17, 15) is 4.79 Å². The third-order valence-electron chi connectivity index (χ3n) is 3.61. The van der Waals surface area contributed by atoms with Crippen LogP contribution in [0.15, 0.2) is 18.3 Å². The molecule has 5 heteroatoms. The minimum absolute atomic E-state index is 0.0928. The first-order valence-electron chi connectivity index (χ1n) is 6.43. The van der Waals surface area contributed by atoms with Crippen LogP contribution in [0, 0.1) is 11.3 Å². The number of amides is 1. The second kappa shape index (κ2) is 5.81. The van der Waals surface area contributed by atoms with Crippen molar-refractivity contribution in [1.82, 2.24) is 14.8 Å². The molecule has 1 aliphatic heterocycles. The number of likely N-dealkylation sites (N-methyl/N-ethyl adjacent to an activating group) is 2. The Kier molecular flexibility index (Phi) is 4.13. The molecule has 1 saturated heterocycles. The van der Waals surface area contributed by atoms with E-state index in [-0.39, 0.29) is 5.91 Å². The summed E-state index contributed by atoms with van der Waals surface area (Å²) in [6.07, 6.45) is 3.76. The summed E-state index contributed by atoms with van der Waals surface area (Å²) in [5, 5.41) is 8.70. The molecular weight excluding hydrogens is 240 g/mol. The van der Waals surface area contributed by atoms with E-state index in [1.807, 2.05) is 6.07 Å². The highest BCUT2D eigenvalue weighted by atomic mass is 16.2. The first-order valence-corrected chi connectivity index (χ1v) is 6.43. The van der Waals surface area contributed by atoms with Crippen LogP contribution in [0.2, 0.25) is 0 Å². The second-order valence-electron chi connectivity index (χ2n) is 5.01. The van der Waals surface area contributed by atoms with Crippen LogP contribution in [0.25, 0.3) is 0 Å². The quantitative estimate of drug-likeness (QED) is 0.815. The van der Waals surface area contributed by atoms with E-state index in [4.69, 9.17) is 5.26 Å². The van der Waals surface area contributed by atoms with Crippen LogP contribution in [-0.4, -0.2) is 53.9 Å². The molecule has 0 radical (unpaired) electrons. The summed E-state index contributed by atoms with van der Waals surface area (Å²) in [7, 11) is 3.89. The molecule has 0 aromatic carbocycles. The van der Waals surface area contributed by atoms with Crippen molar-refractivity contribution in [2.45, 2.75) is 18.9 Å². The molecule has 100 valence electrons. The molecule has 0 bridgehead atoms. The van der Waals surface area contributed by atoms with Gasteiger partial charge in [-0.05, 0) is 38.6 Å². The van der Waals surface area contributed by atoms with Gasteiger partial charge in [0.1, 0.15) is 11.8 Å². The second-order valence-corrected chi connectivity index (χ2v) is 5.01. The molecule has 5 nitrogen and oxygen atoms in total. The van der Waals surface area contributed by atoms with Gasteiger partial charge in [0.05, 0.1) is 5.56 Å². The SMILES string of the molecule is CN(CC1CCCN1C)C(=O)c1ccc(C#N)cn1. The molecule has 1 amide bonds. The molecule has 19 heavy (non-hydrogen) atoms. The summed E-state index contributed by atoms with van der Waals surface area (Å²) in [5.74, 6) is -0.0928. The zero-order chi connectivity index (χ0) is 13.8. The van der Waals surface area contributed by atoms with Gasteiger partial charge in [0.2, 0.25) is 0 Å². The average molecular weight is 258 g/mol. The Morgan fingerprint density at radius 1 is 1.63 bits per heavy atom. The number of nitriles is 1. The number of pyridine rings is 1. The summed E-state index contributed by atoms with van der Waals surface area (Å²) in [6, 6.07) is 5.66. The zero-order valence-corrected chi connectivity index (χ0v) is 11.3. The lowest BCUT2D eigenvalue weighted by Crippen LogP contribution is -2.39. The summed E-state index contributed by atoms with van der Waals surface area (Å²) in [5.41, 5.74) is 0.858.